The average molecular weight is 483 g/mol. The lowest BCUT2D eigenvalue weighted by Crippen LogP contribution is -2.39. The number of hydrogen-bond donors (Lipinski definition) is 3. The molecule has 0 saturated carbocycles. The number of rotatable bonds is 9. The van der Waals surface area contributed by atoms with E-state index in [1.807, 2.05) is 13.8 Å². The van der Waals surface area contributed by atoms with Gasteiger partial charge in [-0.05, 0) is 37.6 Å². The normalized spacial score (nSPS) is 13.7. The van der Waals surface area contributed by atoms with Crippen LogP contribution in [0.3, 0.4) is 0 Å². The van der Waals surface area contributed by atoms with E-state index in [-0.39, 0.29) is 11.6 Å². The first-order valence-electron chi connectivity index (χ1n) is 10.5. The number of halogens is 1. The Balaban J connectivity index is 1.59. The molecule has 4 rings (SSSR count). The fourth-order valence-corrected chi connectivity index (χ4v) is 3.53. The molecule has 0 aliphatic carbocycles. The monoisotopic (exact) mass is 482 g/mol. The van der Waals surface area contributed by atoms with Crippen LogP contribution in [0.15, 0.2) is 54.2 Å². The topological polar surface area (TPSA) is 125 Å². The van der Waals surface area contributed by atoms with E-state index in [1.54, 1.807) is 42.6 Å². The molecular formula is C24H23ClN4O5. The molecule has 0 saturated heterocycles. The number of anilines is 1. The van der Waals surface area contributed by atoms with Gasteiger partial charge in [-0.15, -0.1) is 0 Å². The van der Waals surface area contributed by atoms with E-state index < -0.39 is 11.9 Å². The van der Waals surface area contributed by atoms with Crippen molar-refractivity contribution in [2.24, 2.45) is 5.73 Å². The van der Waals surface area contributed by atoms with E-state index in [0.717, 1.165) is 6.42 Å². The van der Waals surface area contributed by atoms with Crippen LogP contribution in [0.25, 0.3) is 10.9 Å². The van der Waals surface area contributed by atoms with E-state index >= 15 is 0 Å². The third-order valence-electron chi connectivity index (χ3n) is 5.33. The van der Waals surface area contributed by atoms with Gasteiger partial charge >= 0.3 is 5.97 Å². The molecular weight excluding hydrogens is 460 g/mol. The quantitative estimate of drug-likeness (QED) is 0.385. The number of amides is 1. The van der Waals surface area contributed by atoms with Gasteiger partial charge in [0.15, 0.2) is 5.70 Å². The van der Waals surface area contributed by atoms with Crippen LogP contribution in [0.4, 0.5) is 5.69 Å². The van der Waals surface area contributed by atoms with Crippen molar-refractivity contribution >= 4 is 40.1 Å². The van der Waals surface area contributed by atoms with Crippen molar-refractivity contribution in [2.75, 3.05) is 12.4 Å². The van der Waals surface area contributed by atoms with E-state index in [9.17, 15) is 9.59 Å². The highest BCUT2D eigenvalue weighted by molar-refractivity contribution is 6.33. The summed E-state index contributed by atoms with van der Waals surface area (Å²) in [5, 5.41) is 7.08. The molecule has 1 aliphatic rings. The minimum Gasteiger partial charge on any atom is -0.496 e. The lowest BCUT2D eigenvalue weighted by Gasteiger charge is -2.26. The predicted octanol–water partition coefficient (Wildman–Crippen LogP) is 4.31. The van der Waals surface area contributed by atoms with Crippen molar-refractivity contribution in [3.8, 4) is 17.2 Å². The fraction of sp³-hybridized carbons (Fsp3) is 0.208. The van der Waals surface area contributed by atoms with Crippen LogP contribution in [0, 0.1) is 0 Å². The van der Waals surface area contributed by atoms with Gasteiger partial charge in [-0.2, -0.15) is 0 Å². The van der Waals surface area contributed by atoms with Gasteiger partial charge in [0.2, 0.25) is 5.88 Å². The molecule has 9 nitrogen and oxygen atoms in total. The van der Waals surface area contributed by atoms with Crippen molar-refractivity contribution in [3.05, 3.63) is 64.8 Å². The third kappa shape index (κ3) is 4.55. The van der Waals surface area contributed by atoms with Gasteiger partial charge in [0.05, 0.1) is 28.9 Å². The second-order valence-electron chi connectivity index (χ2n) is 7.66. The number of cyclic esters (lactones) is 1. The van der Waals surface area contributed by atoms with Gasteiger partial charge in [0.1, 0.15) is 17.2 Å². The van der Waals surface area contributed by atoms with Gasteiger partial charge in [0, 0.05) is 29.8 Å². The Bertz CT molecular complexity index is 1320. The molecule has 1 aromatic heterocycles. The molecule has 1 amide bonds. The Hall–Kier alpha value is -3.98. The summed E-state index contributed by atoms with van der Waals surface area (Å²) in [4.78, 5) is 27.9. The summed E-state index contributed by atoms with van der Waals surface area (Å²) >= 11 is 6.45. The molecule has 1 atom stereocenters. The molecule has 176 valence electrons. The van der Waals surface area contributed by atoms with E-state index in [1.165, 1.54) is 7.11 Å². The SMILES string of the molecule is CCC(C)NC1=C(Nc2ccc(Oc3ccnc4cc(OC)c(C(N)=O)cc34)cc2Cl)OC1=O. The second kappa shape index (κ2) is 9.48. The van der Waals surface area contributed by atoms with Crippen molar-refractivity contribution < 1.29 is 23.8 Å². The lowest BCUT2D eigenvalue weighted by atomic mass is 10.1. The summed E-state index contributed by atoms with van der Waals surface area (Å²) in [7, 11) is 1.45. The fourth-order valence-electron chi connectivity index (χ4n) is 3.31. The second-order valence-corrected chi connectivity index (χ2v) is 8.07. The van der Waals surface area contributed by atoms with Crippen LogP contribution in [0.1, 0.15) is 30.6 Å². The molecule has 1 unspecified atom stereocenters. The van der Waals surface area contributed by atoms with Gasteiger partial charge in [-0.1, -0.05) is 18.5 Å². The number of fused-ring (bicyclic) bond motifs is 1. The molecule has 2 aromatic carbocycles. The van der Waals surface area contributed by atoms with Crippen LogP contribution in [-0.2, 0) is 9.53 Å². The summed E-state index contributed by atoms with van der Waals surface area (Å²) < 4.78 is 16.4. The minimum absolute atomic E-state index is 0.121. The number of nitrogens with zero attached hydrogens (tertiary/aromatic N) is 1. The summed E-state index contributed by atoms with van der Waals surface area (Å²) in [6, 6.07) is 10.0. The van der Waals surface area contributed by atoms with Crippen molar-refractivity contribution in [3.63, 3.8) is 0 Å². The molecule has 10 heteroatoms. The molecule has 0 bridgehead atoms. The number of hydrogen-bond acceptors (Lipinski definition) is 8. The number of esters is 1. The summed E-state index contributed by atoms with van der Waals surface area (Å²) in [5.74, 6) is 0.514. The molecule has 34 heavy (non-hydrogen) atoms. The number of carbonyl (C=O) groups excluding carboxylic acids is 2. The largest absolute Gasteiger partial charge is 0.496 e. The van der Waals surface area contributed by atoms with Crippen molar-refractivity contribution in [2.45, 2.75) is 26.3 Å². The number of pyridine rings is 1. The van der Waals surface area contributed by atoms with Crippen LogP contribution in [-0.4, -0.2) is 30.0 Å². The zero-order chi connectivity index (χ0) is 24.4. The number of methoxy groups -OCH3 is 1. The molecule has 0 radical (unpaired) electrons. The van der Waals surface area contributed by atoms with Crippen LogP contribution >= 0.6 is 11.6 Å². The molecule has 4 N–H and O–H groups in total. The number of nitrogens with two attached hydrogens (primary N) is 1. The first-order chi connectivity index (χ1) is 16.3. The maximum Gasteiger partial charge on any atom is 0.366 e. The Morgan fingerprint density at radius 2 is 2.03 bits per heavy atom. The van der Waals surface area contributed by atoms with E-state index in [4.69, 9.17) is 31.5 Å². The first-order valence-corrected chi connectivity index (χ1v) is 10.9. The smallest absolute Gasteiger partial charge is 0.366 e. The number of nitrogens with one attached hydrogen (secondary N) is 2. The highest BCUT2D eigenvalue weighted by atomic mass is 35.5. The minimum atomic E-state index is -0.625. The Kier molecular flexibility index (Phi) is 6.47. The first kappa shape index (κ1) is 23.2. The standard InChI is InChI=1S/C24H23ClN4O5/c1-4-12(2)28-21-23(34-24(21)31)29-17-6-5-13(9-16(17)25)33-19-7-8-27-18-11-20(32-3)15(22(26)30)10-14(18)19/h5-12,28-29H,4H2,1-3H3,(H2,26,30). The molecule has 0 fully saturated rings. The maximum absolute atomic E-state index is 11.8. The predicted molar refractivity (Wildman–Crippen MR) is 128 cm³/mol. The number of benzene rings is 2. The molecule has 0 spiro atoms. The number of aromatic nitrogens is 1. The van der Waals surface area contributed by atoms with Gasteiger partial charge < -0.3 is 30.6 Å². The molecule has 1 aliphatic heterocycles. The Morgan fingerprint density at radius 3 is 2.68 bits per heavy atom. The zero-order valence-corrected chi connectivity index (χ0v) is 19.5. The van der Waals surface area contributed by atoms with Crippen molar-refractivity contribution in [1.29, 1.82) is 0 Å². The average Bonchev–Trinajstić information content (AvgIpc) is 2.82. The van der Waals surface area contributed by atoms with Crippen LogP contribution < -0.4 is 25.8 Å². The number of carbonyl (C=O) groups is 2. The molecule has 3 aromatic rings. The molecule has 2 heterocycles. The maximum atomic E-state index is 11.8. The zero-order valence-electron chi connectivity index (χ0n) is 18.8. The van der Waals surface area contributed by atoms with Crippen molar-refractivity contribution in [1.82, 2.24) is 10.3 Å². The third-order valence-corrected chi connectivity index (χ3v) is 5.65. The highest BCUT2D eigenvalue weighted by Gasteiger charge is 2.31. The highest BCUT2D eigenvalue weighted by Crippen LogP contribution is 2.36. The number of ether oxygens (including phenoxy) is 3. The Morgan fingerprint density at radius 1 is 1.24 bits per heavy atom. The van der Waals surface area contributed by atoms with Gasteiger partial charge in [0.25, 0.3) is 5.91 Å². The van der Waals surface area contributed by atoms with Gasteiger partial charge in [-0.3, -0.25) is 9.78 Å². The summed E-state index contributed by atoms with van der Waals surface area (Å²) in [6.07, 6.45) is 2.44. The van der Waals surface area contributed by atoms with E-state index in [2.05, 4.69) is 15.6 Å². The van der Waals surface area contributed by atoms with Gasteiger partial charge in [-0.25, -0.2) is 4.79 Å². The van der Waals surface area contributed by atoms with E-state index in [0.29, 0.717) is 50.4 Å². The number of primary amides is 1. The Labute approximate surface area is 200 Å². The summed E-state index contributed by atoms with van der Waals surface area (Å²) in [6.45, 7) is 3.99. The lowest BCUT2D eigenvalue weighted by molar-refractivity contribution is -0.141. The van der Waals surface area contributed by atoms with Crippen LogP contribution in [0.5, 0.6) is 17.2 Å². The summed E-state index contributed by atoms with van der Waals surface area (Å²) in [5.41, 5.74) is 7.20. The van der Waals surface area contributed by atoms with Crippen LogP contribution in [0.2, 0.25) is 5.02 Å².